The van der Waals surface area contributed by atoms with Crippen LogP contribution in [-0.4, -0.2) is 57.1 Å². The van der Waals surface area contributed by atoms with E-state index >= 15 is 0 Å². The van der Waals surface area contributed by atoms with E-state index in [9.17, 15) is 14.7 Å². The van der Waals surface area contributed by atoms with Crippen LogP contribution in [0.1, 0.15) is 59.2 Å². The fraction of sp³-hybridized carbons (Fsp3) is 0.577. The molecule has 0 saturated carbocycles. The highest BCUT2D eigenvalue weighted by atomic mass is 32.1. The van der Waals surface area contributed by atoms with Gasteiger partial charge < -0.3 is 20.6 Å². The van der Waals surface area contributed by atoms with Crippen LogP contribution >= 0.6 is 11.3 Å². The molecule has 3 atom stereocenters. The summed E-state index contributed by atoms with van der Waals surface area (Å²) in [6.07, 6.45) is -0.468. The summed E-state index contributed by atoms with van der Waals surface area (Å²) in [5.74, 6) is -0.390. The maximum Gasteiger partial charge on any atom is 0.243 e. The summed E-state index contributed by atoms with van der Waals surface area (Å²) in [5, 5.41) is 16.7. The number of carbonyl (C=O) groups excluding carboxylic acids is 2. The molecule has 1 saturated heterocycles. The highest BCUT2D eigenvalue weighted by Crippen LogP contribution is 2.29. The molecule has 2 amide bonds. The second-order valence-corrected chi connectivity index (χ2v) is 12.1. The van der Waals surface area contributed by atoms with Crippen molar-refractivity contribution in [2.24, 2.45) is 5.41 Å². The van der Waals surface area contributed by atoms with Gasteiger partial charge in [-0.2, -0.15) is 0 Å². The Labute approximate surface area is 207 Å². The van der Waals surface area contributed by atoms with Crippen LogP contribution in [0.15, 0.2) is 29.8 Å². The number of aliphatic hydroxyl groups excluding tert-OH is 1. The number of nitrogens with one attached hydrogen (secondary N) is 2. The summed E-state index contributed by atoms with van der Waals surface area (Å²) >= 11 is 1.61. The molecule has 0 radical (unpaired) electrons. The molecule has 0 bridgehead atoms. The van der Waals surface area contributed by atoms with Gasteiger partial charge in [-0.25, -0.2) is 4.98 Å². The van der Waals surface area contributed by atoms with Crippen LogP contribution in [-0.2, 0) is 16.1 Å². The molecule has 7 nitrogen and oxygen atoms in total. The molecule has 34 heavy (non-hydrogen) atoms. The molecule has 0 aliphatic carbocycles. The number of thiazole rings is 1. The van der Waals surface area contributed by atoms with E-state index in [4.69, 9.17) is 0 Å². The minimum Gasteiger partial charge on any atom is -0.391 e. The molecule has 1 fully saturated rings. The number of aliphatic hydroxyl groups is 1. The number of likely N-dealkylation sites (tertiary alicyclic amines) is 1. The summed E-state index contributed by atoms with van der Waals surface area (Å²) in [6.45, 7) is 14.6. The van der Waals surface area contributed by atoms with Crippen molar-refractivity contribution in [3.63, 3.8) is 0 Å². The van der Waals surface area contributed by atoms with Gasteiger partial charge in [0.1, 0.15) is 6.04 Å². The number of rotatable bonds is 6. The average molecular weight is 487 g/mol. The number of nitrogens with zero attached hydrogens (tertiary/aromatic N) is 2. The highest BCUT2D eigenvalue weighted by Gasteiger charge is 2.44. The number of aryl methyl sites for hydroxylation is 1. The molecule has 0 unspecified atom stereocenters. The van der Waals surface area contributed by atoms with E-state index < -0.39 is 18.2 Å². The van der Waals surface area contributed by atoms with Crippen LogP contribution in [0.2, 0.25) is 0 Å². The minimum absolute atomic E-state index is 0.150. The van der Waals surface area contributed by atoms with Crippen LogP contribution in [0.4, 0.5) is 0 Å². The first-order valence-corrected chi connectivity index (χ1v) is 12.7. The van der Waals surface area contributed by atoms with Crippen molar-refractivity contribution in [1.29, 1.82) is 0 Å². The van der Waals surface area contributed by atoms with Crippen LogP contribution in [0, 0.1) is 12.3 Å². The number of carbonyl (C=O) groups is 2. The maximum atomic E-state index is 13.6. The highest BCUT2D eigenvalue weighted by molar-refractivity contribution is 7.13. The quantitative estimate of drug-likeness (QED) is 0.581. The number of β-amino-alcohol motifs (C(OH)–C–C–N with tert-alkyl or cyclic N) is 1. The molecule has 1 aliphatic heterocycles. The molecule has 3 N–H and O–H groups in total. The van der Waals surface area contributed by atoms with Gasteiger partial charge in [0.15, 0.2) is 0 Å². The van der Waals surface area contributed by atoms with Crippen LogP contribution < -0.4 is 10.6 Å². The van der Waals surface area contributed by atoms with E-state index in [2.05, 4.69) is 15.6 Å². The van der Waals surface area contributed by atoms with E-state index in [-0.39, 0.29) is 35.7 Å². The van der Waals surface area contributed by atoms with Crippen LogP contribution in [0.25, 0.3) is 10.4 Å². The number of hydrogen-bond donors (Lipinski definition) is 3. The molecular formula is C26H38N4O3S. The molecule has 2 heterocycles. The smallest absolute Gasteiger partial charge is 0.243 e. The molecular weight excluding hydrogens is 448 g/mol. The Hall–Kier alpha value is -2.29. The molecule has 186 valence electrons. The van der Waals surface area contributed by atoms with E-state index in [1.165, 1.54) is 0 Å². The fourth-order valence-corrected chi connectivity index (χ4v) is 5.02. The van der Waals surface area contributed by atoms with Crippen molar-refractivity contribution in [2.45, 2.75) is 85.2 Å². The van der Waals surface area contributed by atoms with Gasteiger partial charge in [0, 0.05) is 25.0 Å². The predicted molar refractivity (Wildman–Crippen MR) is 136 cm³/mol. The third-order valence-electron chi connectivity index (χ3n) is 5.98. The topological polar surface area (TPSA) is 94.6 Å². The third kappa shape index (κ3) is 6.43. The van der Waals surface area contributed by atoms with Crippen LogP contribution in [0.5, 0.6) is 0 Å². The molecule has 2 aromatic rings. The number of amides is 2. The first-order chi connectivity index (χ1) is 15.8. The van der Waals surface area contributed by atoms with Gasteiger partial charge in [-0.15, -0.1) is 11.3 Å². The van der Waals surface area contributed by atoms with Crippen molar-refractivity contribution >= 4 is 23.2 Å². The van der Waals surface area contributed by atoms with E-state index in [1.54, 1.807) is 16.2 Å². The van der Waals surface area contributed by atoms with Gasteiger partial charge in [-0.05, 0) is 44.2 Å². The first kappa shape index (κ1) is 26.3. The summed E-state index contributed by atoms with van der Waals surface area (Å²) in [5.41, 5.74) is 4.29. The Balaban J connectivity index is 1.68. The molecule has 0 spiro atoms. The van der Waals surface area contributed by atoms with E-state index in [1.807, 2.05) is 78.2 Å². The van der Waals surface area contributed by atoms with Crippen molar-refractivity contribution < 1.29 is 14.7 Å². The number of benzene rings is 1. The Morgan fingerprint density at radius 2 is 1.82 bits per heavy atom. The fourth-order valence-electron chi connectivity index (χ4n) is 4.21. The first-order valence-electron chi connectivity index (χ1n) is 11.8. The zero-order chi connectivity index (χ0) is 25.3. The lowest BCUT2D eigenvalue weighted by atomic mass is 9.84. The normalized spacial score (nSPS) is 19.8. The van der Waals surface area contributed by atoms with Crippen molar-refractivity contribution in [1.82, 2.24) is 20.5 Å². The van der Waals surface area contributed by atoms with Crippen molar-refractivity contribution in [3.05, 3.63) is 41.0 Å². The zero-order valence-corrected chi connectivity index (χ0v) is 22.1. The van der Waals surface area contributed by atoms with Gasteiger partial charge in [0.05, 0.1) is 28.2 Å². The summed E-state index contributed by atoms with van der Waals surface area (Å²) < 4.78 is 0. The lowest BCUT2D eigenvalue weighted by Gasteiger charge is -2.39. The second-order valence-electron chi connectivity index (χ2n) is 11.3. The SMILES string of the molecule is Cc1ncsc1-c1ccc(CNC(=O)[C@H]2C[C@H](O)CN2C(=O)[C@H](NC(C)(C)C)C(C)(C)C)cc1. The monoisotopic (exact) mass is 486 g/mol. The molecule has 1 aromatic heterocycles. The van der Waals surface area contributed by atoms with Gasteiger partial charge in [-0.3, -0.25) is 9.59 Å². The minimum atomic E-state index is -0.711. The molecule has 3 rings (SSSR count). The Bertz CT molecular complexity index is 1000. The maximum absolute atomic E-state index is 13.6. The van der Waals surface area contributed by atoms with E-state index in [0.29, 0.717) is 6.54 Å². The van der Waals surface area contributed by atoms with E-state index in [0.717, 1.165) is 21.7 Å². The average Bonchev–Trinajstić information content (AvgIpc) is 3.34. The molecule has 8 heteroatoms. The van der Waals surface area contributed by atoms with Crippen molar-refractivity contribution in [2.75, 3.05) is 6.54 Å². The van der Waals surface area contributed by atoms with Gasteiger partial charge in [0.2, 0.25) is 11.8 Å². The predicted octanol–water partition coefficient (Wildman–Crippen LogP) is 3.50. The number of hydrogen-bond acceptors (Lipinski definition) is 6. The third-order valence-corrected chi connectivity index (χ3v) is 6.96. The van der Waals surface area contributed by atoms with Gasteiger partial charge >= 0.3 is 0 Å². The lowest BCUT2D eigenvalue weighted by Crippen LogP contribution is -2.60. The summed E-state index contributed by atoms with van der Waals surface area (Å²) in [4.78, 5) is 33.6. The summed E-state index contributed by atoms with van der Waals surface area (Å²) in [7, 11) is 0. The second kappa shape index (κ2) is 10.1. The van der Waals surface area contributed by atoms with Crippen molar-refractivity contribution in [3.8, 4) is 10.4 Å². The van der Waals surface area contributed by atoms with Gasteiger partial charge in [-0.1, -0.05) is 45.0 Å². The largest absolute Gasteiger partial charge is 0.391 e. The Morgan fingerprint density at radius 1 is 1.18 bits per heavy atom. The zero-order valence-electron chi connectivity index (χ0n) is 21.3. The standard InChI is InChI=1S/C26H38N4O3S/c1-16-21(34-15-28-16)18-10-8-17(9-11-18)13-27-23(32)20-12-19(31)14-30(20)24(33)22(25(2,3)4)29-26(5,6)7/h8-11,15,19-20,22,29,31H,12-14H2,1-7H3,(H,27,32)/t19-,20+,22-/m0/s1. The van der Waals surface area contributed by atoms with Crippen LogP contribution in [0.3, 0.4) is 0 Å². The molecule has 1 aliphatic rings. The lowest BCUT2D eigenvalue weighted by molar-refractivity contribution is -0.142. The Morgan fingerprint density at radius 3 is 2.35 bits per heavy atom. The van der Waals surface area contributed by atoms with Gasteiger partial charge in [0.25, 0.3) is 0 Å². The number of aromatic nitrogens is 1. The Kier molecular flexibility index (Phi) is 7.85. The molecule has 1 aromatic carbocycles. The summed E-state index contributed by atoms with van der Waals surface area (Å²) in [6, 6.07) is 6.88.